The highest BCUT2D eigenvalue weighted by Crippen LogP contribution is 2.28. The molecule has 0 saturated heterocycles. The number of nitrogens with zero attached hydrogens (tertiary/aromatic N) is 2. The van der Waals surface area contributed by atoms with Gasteiger partial charge in [0.15, 0.2) is 5.16 Å². The predicted molar refractivity (Wildman–Crippen MR) is 83.4 cm³/mol. The van der Waals surface area contributed by atoms with Crippen molar-refractivity contribution < 1.29 is 4.39 Å². The Kier molecular flexibility index (Phi) is 5.35. The van der Waals surface area contributed by atoms with E-state index < -0.39 is 0 Å². The Balaban J connectivity index is 2.10. The van der Waals surface area contributed by atoms with Gasteiger partial charge in [0.2, 0.25) is 0 Å². The minimum Gasteiger partial charge on any atom is -0.383 e. The summed E-state index contributed by atoms with van der Waals surface area (Å²) < 4.78 is 14.1. The average molecular weight is 307 g/mol. The number of benzene rings is 1. The van der Waals surface area contributed by atoms with Gasteiger partial charge in [-0.25, -0.2) is 14.4 Å². The van der Waals surface area contributed by atoms with Gasteiger partial charge in [0.05, 0.1) is 4.90 Å². The second kappa shape index (κ2) is 7.24. The molecule has 1 aromatic heterocycles. The third-order valence-corrected chi connectivity index (χ3v) is 3.61. The van der Waals surface area contributed by atoms with Crippen LogP contribution < -0.4 is 16.8 Å². The lowest BCUT2D eigenvalue weighted by Crippen LogP contribution is -2.13. The summed E-state index contributed by atoms with van der Waals surface area (Å²) in [6.07, 6.45) is 1.05. The van der Waals surface area contributed by atoms with Gasteiger partial charge in [0, 0.05) is 12.6 Å². The van der Waals surface area contributed by atoms with Gasteiger partial charge in [0.25, 0.3) is 0 Å². The molecule has 0 radical (unpaired) electrons. The van der Waals surface area contributed by atoms with Crippen LogP contribution in [-0.2, 0) is 6.54 Å². The fourth-order valence-electron chi connectivity index (χ4n) is 1.75. The highest BCUT2D eigenvalue weighted by Gasteiger charge is 2.09. The van der Waals surface area contributed by atoms with Crippen LogP contribution in [0.15, 0.2) is 34.3 Å². The Bertz CT molecular complexity index is 600. The third kappa shape index (κ3) is 4.57. The van der Waals surface area contributed by atoms with E-state index in [0.717, 1.165) is 30.3 Å². The zero-order valence-electron chi connectivity index (χ0n) is 11.8. The normalized spacial score (nSPS) is 10.8. The summed E-state index contributed by atoms with van der Waals surface area (Å²) in [5, 5.41) is 3.57. The van der Waals surface area contributed by atoms with Crippen LogP contribution in [0.1, 0.15) is 18.9 Å². The van der Waals surface area contributed by atoms with E-state index in [9.17, 15) is 4.39 Å². The molecule has 7 heteroatoms. The molecular weight excluding hydrogens is 289 g/mol. The van der Waals surface area contributed by atoms with E-state index in [-0.39, 0.29) is 17.5 Å². The first-order chi connectivity index (χ1) is 10.1. The van der Waals surface area contributed by atoms with E-state index in [0.29, 0.717) is 16.6 Å². The van der Waals surface area contributed by atoms with Crippen LogP contribution >= 0.6 is 11.8 Å². The lowest BCUT2D eigenvalue weighted by Gasteiger charge is -2.07. The third-order valence-electron chi connectivity index (χ3n) is 2.70. The first kappa shape index (κ1) is 15.5. The largest absolute Gasteiger partial charge is 0.383 e. The maximum atomic E-state index is 14.1. The second-order valence-corrected chi connectivity index (χ2v) is 5.55. The molecule has 0 fully saturated rings. The molecule has 2 aromatic rings. The van der Waals surface area contributed by atoms with Crippen molar-refractivity contribution in [3.8, 4) is 0 Å². The first-order valence-corrected chi connectivity index (χ1v) is 7.47. The molecule has 0 saturated carbocycles. The van der Waals surface area contributed by atoms with Crippen molar-refractivity contribution in [2.75, 3.05) is 18.0 Å². The number of aromatic nitrogens is 2. The van der Waals surface area contributed by atoms with Gasteiger partial charge < -0.3 is 16.8 Å². The lowest BCUT2D eigenvalue weighted by molar-refractivity contribution is 0.595. The minimum absolute atomic E-state index is 0.269. The van der Waals surface area contributed by atoms with Gasteiger partial charge >= 0.3 is 0 Å². The van der Waals surface area contributed by atoms with Crippen molar-refractivity contribution >= 4 is 23.4 Å². The number of hydrogen-bond donors (Lipinski definition) is 3. The van der Waals surface area contributed by atoms with Crippen molar-refractivity contribution in [3.05, 3.63) is 35.6 Å². The van der Waals surface area contributed by atoms with Crippen LogP contribution in [0.3, 0.4) is 0 Å². The fourth-order valence-corrected chi connectivity index (χ4v) is 2.54. The molecule has 21 heavy (non-hydrogen) atoms. The minimum atomic E-state index is -0.305. The van der Waals surface area contributed by atoms with E-state index in [4.69, 9.17) is 11.5 Å². The molecule has 1 heterocycles. The maximum Gasteiger partial charge on any atom is 0.196 e. The van der Waals surface area contributed by atoms with E-state index in [1.165, 1.54) is 12.1 Å². The lowest BCUT2D eigenvalue weighted by atomic mass is 10.2. The zero-order valence-corrected chi connectivity index (χ0v) is 12.6. The maximum absolute atomic E-state index is 14.1. The summed E-state index contributed by atoms with van der Waals surface area (Å²) in [6, 6.07) is 6.57. The summed E-state index contributed by atoms with van der Waals surface area (Å²) in [5.74, 6) is 0.233. The molecule has 5 N–H and O–H groups in total. The molecule has 5 nitrogen and oxygen atoms in total. The fraction of sp³-hybridized carbons (Fsp3) is 0.286. The Labute approximate surface area is 127 Å². The smallest absolute Gasteiger partial charge is 0.196 e. The number of nitrogen functional groups attached to an aromatic ring is 2. The molecule has 0 spiro atoms. The first-order valence-electron chi connectivity index (χ1n) is 6.65. The summed E-state index contributed by atoms with van der Waals surface area (Å²) in [4.78, 5) is 8.49. The number of nitrogens with one attached hydrogen (secondary N) is 1. The molecule has 0 aliphatic carbocycles. The van der Waals surface area contributed by atoms with Gasteiger partial charge in [-0.05, 0) is 42.4 Å². The monoisotopic (exact) mass is 307 g/mol. The van der Waals surface area contributed by atoms with E-state index in [1.54, 1.807) is 6.07 Å². The number of anilines is 2. The highest BCUT2D eigenvalue weighted by atomic mass is 32.2. The van der Waals surface area contributed by atoms with Crippen LogP contribution in [0.25, 0.3) is 0 Å². The van der Waals surface area contributed by atoms with Crippen LogP contribution in [0.2, 0.25) is 0 Å². The molecule has 0 aliphatic heterocycles. The Morgan fingerprint density at radius 2 is 1.90 bits per heavy atom. The number of halogens is 1. The molecule has 2 rings (SSSR count). The van der Waals surface area contributed by atoms with Gasteiger partial charge in [0.1, 0.15) is 17.5 Å². The Hall–Kier alpha value is -1.86. The molecule has 112 valence electrons. The van der Waals surface area contributed by atoms with Gasteiger partial charge in [-0.3, -0.25) is 0 Å². The Morgan fingerprint density at radius 3 is 2.52 bits per heavy atom. The zero-order chi connectivity index (χ0) is 15.2. The van der Waals surface area contributed by atoms with Gasteiger partial charge in [-0.1, -0.05) is 13.0 Å². The molecule has 0 bridgehead atoms. The van der Waals surface area contributed by atoms with Crippen molar-refractivity contribution in [1.82, 2.24) is 15.3 Å². The standard InChI is InChI=1S/C14H18FN5S/c1-2-5-18-8-9-3-4-11(10(15)6-9)21-14-19-12(16)7-13(17)20-14/h3-4,6-7,18H,2,5,8H2,1H3,(H4,16,17,19,20). The SMILES string of the molecule is CCCNCc1ccc(Sc2nc(N)cc(N)n2)c(F)c1. The quantitative estimate of drug-likeness (QED) is 0.561. The summed E-state index contributed by atoms with van der Waals surface area (Å²) >= 11 is 1.10. The van der Waals surface area contributed by atoms with E-state index >= 15 is 0 Å². The van der Waals surface area contributed by atoms with Crippen LogP contribution in [-0.4, -0.2) is 16.5 Å². The van der Waals surface area contributed by atoms with E-state index in [1.807, 2.05) is 6.07 Å². The number of rotatable bonds is 6. The second-order valence-electron chi connectivity index (χ2n) is 4.54. The predicted octanol–water partition coefficient (Wildman–Crippen LogP) is 2.43. The summed E-state index contributed by atoms with van der Waals surface area (Å²) in [5.41, 5.74) is 12.1. The highest BCUT2D eigenvalue weighted by molar-refractivity contribution is 7.99. The number of hydrogen-bond acceptors (Lipinski definition) is 6. The molecule has 0 atom stereocenters. The molecule has 1 aromatic carbocycles. The van der Waals surface area contributed by atoms with Crippen LogP contribution in [0.4, 0.5) is 16.0 Å². The van der Waals surface area contributed by atoms with E-state index in [2.05, 4.69) is 22.2 Å². The van der Waals surface area contributed by atoms with Crippen molar-refractivity contribution in [2.45, 2.75) is 29.9 Å². The number of nitrogens with two attached hydrogens (primary N) is 2. The summed E-state index contributed by atoms with van der Waals surface area (Å²) in [6.45, 7) is 3.65. The Morgan fingerprint density at radius 1 is 1.19 bits per heavy atom. The van der Waals surface area contributed by atoms with Crippen LogP contribution in [0.5, 0.6) is 0 Å². The molecule has 0 unspecified atom stereocenters. The van der Waals surface area contributed by atoms with Crippen molar-refractivity contribution in [2.24, 2.45) is 0 Å². The van der Waals surface area contributed by atoms with Gasteiger partial charge in [-0.2, -0.15) is 0 Å². The summed E-state index contributed by atoms with van der Waals surface area (Å²) in [7, 11) is 0. The average Bonchev–Trinajstić information content (AvgIpc) is 2.41. The molecular formula is C14H18FN5S. The topological polar surface area (TPSA) is 89.8 Å². The van der Waals surface area contributed by atoms with Gasteiger partial charge in [-0.15, -0.1) is 0 Å². The van der Waals surface area contributed by atoms with Crippen molar-refractivity contribution in [3.63, 3.8) is 0 Å². The molecule has 0 aliphatic rings. The van der Waals surface area contributed by atoms with Crippen molar-refractivity contribution in [1.29, 1.82) is 0 Å². The molecule has 0 amide bonds. The van der Waals surface area contributed by atoms with Crippen LogP contribution in [0, 0.1) is 5.82 Å².